The van der Waals surface area contributed by atoms with Gasteiger partial charge in [-0.3, -0.25) is 0 Å². The van der Waals surface area contributed by atoms with Gasteiger partial charge in [-0.05, 0) is 32.4 Å². The number of hydrogen-bond acceptors (Lipinski definition) is 3. The highest BCUT2D eigenvalue weighted by atomic mass is 32.1. The van der Waals surface area contributed by atoms with E-state index in [0.29, 0.717) is 0 Å². The molecule has 21 heavy (non-hydrogen) atoms. The van der Waals surface area contributed by atoms with Crippen LogP contribution in [0.4, 0.5) is 13.2 Å². The van der Waals surface area contributed by atoms with Crippen LogP contribution in [0.15, 0.2) is 24.3 Å². The van der Waals surface area contributed by atoms with E-state index >= 15 is 0 Å². The van der Waals surface area contributed by atoms with Crippen molar-refractivity contribution in [3.8, 4) is 0 Å². The lowest BCUT2D eigenvalue weighted by atomic mass is 10.1. The van der Waals surface area contributed by atoms with Crippen molar-refractivity contribution in [3.05, 3.63) is 51.0 Å². The molecule has 0 aliphatic carbocycles. The predicted octanol–water partition coefficient (Wildman–Crippen LogP) is 4.63. The highest BCUT2D eigenvalue weighted by Crippen LogP contribution is 2.32. The van der Waals surface area contributed by atoms with Gasteiger partial charge in [-0.25, -0.2) is 4.98 Å². The van der Waals surface area contributed by atoms with Crippen LogP contribution in [-0.4, -0.2) is 4.98 Å². The molecule has 0 bridgehead atoms. The summed E-state index contributed by atoms with van der Waals surface area (Å²) in [6, 6.07) is 5.55. The molecule has 1 heterocycles. The number of benzene rings is 1. The maximum Gasteiger partial charge on any atom is 0.416 e. The van der Waals surface area contributed by atoms with Crippen LogP contribution >= 0.6 is 11.3 Å². The van der Waals surface area contributed by atoms with E-state index in [9.17, 15) is 13.2 Å². The van der Waals surface area contributed by atoms with Gasteiger partial charge in [0.05, 0.1) is 16.3 Å². The van der Waals surface area contributed by atoms with Crippen molar-refractivity contribution < 1.29 is 13.2 Å². The molecule has 0 radical (unpaired) electrons. The molecule has 1 aromatic carbocycles. The SMILES string of the molecule is Cc1nc(C(C)NCc2ccccc2C(F)(F)F)c(C)s1. The third-order valence-electron chi connectivity index (χ3n) is 3.27. The van der Waals surface area contributed by atoms with E-state index in [1.165, 1.54) is 12.1 Å². The van der Waals surface area contributed by atoms with Crippen LogP contribution in [0.5, 0.6) is 0 Å². The van der Waals surface area contributed by atoms with Crippen LogP contribution in [0.3, 0.4) is 0 Å². The molecule has 0 saturated heterocycles. The molecule has 2 aromatic rings. The monoisotopic (exact) mass is 314 g/mol. The molecule has 0 amide bonds. The van der Waals surface area contributed by atoms with Crippen LogP contribution in [0.1, 0.15) is 39.7 Å². The number of rotatable bonds is 4. The van der Waals surface area contributed by atoms with E-state index < -0.39 is 11.7 Å². The zero-order chi connectivity index (χ0) is 15.6. The smallest absolute Gasteiger partial charge is 0.305 e. The molecule has 0 aliphatic heterocycles. The molecule has 2 rings (SSSR count). The van der Waals surface area contributed by atoms with Gasteiger partial charge in [-0.1, -0.05) is 18.2 Å². The van der Waals surface area contributed by atoms with Gasteiger partial charge in [0.25, 0.3) is 0 Å². The molecule has 6 heteroatoms. The van der Waals surface area contributed by atoms with Crippen molar-refractivity contribution in [1.29, 1.82) is 0 Å². The average Bonchev–Trinajstić information content (AvgIpc) is 2.74. The van der Waals surface area contributed by atoms with E-state index in [-0.39, 0.29) is 18.2 Å². The number of thiazole rings is 1. The zero-order valence-electron chi connectivity index (χ0n) is 12.1. The van der Waals surface area contributed by atoms with E-state index in [2.05, 4.69) is 10.3 Å². The summed E-state index contributed by atoms with van der Waals surface area (Å²) >= 11 is 1.60. The minimum absolute atomic E-state index is 0.0868. The lowest BCUT2D eigenvalue weighted by Gasteiger charge is -2.16. The highest BCUT2D eigenvalue weighted by Gasteiger charge is 2.32. The first-order valence-corrected chi connectivity index (χ1v) is 7.43. The lowest BCUT2D eigenvalue weighted by Crippen LogP contribution is -2.21. The summed E-state index contributed by atoms with van der Waals surface area (Å²) in [5.74, 6) is 0. The second kappa shape index (κ2) is 6.15. The van der Waals surface area contributed by atoms with Gasteiger partial charge in [0.15, 0.2) is 0 Å². The molecule has 1 N–H and O–H groups in total. The summed E-state index contributed by atoms with van der Waals surface area (Å²) < 4.78 is 38.8. The van der Waals surface area contributed by atoms with Crippen molar-refractivity contribution >= 4 is 11.3 Å². The number of hydrogen-bond donors (Lipinski definition) is 1. The summed E-state index contributed by atoms with van der Waals surface area (Å²) in [5, 5.41) is 4.09. The van der Waals surface area contributed by atoms with E-state index in [0.717, 1.165) is 21.6 Å². The van der Waals surface area contributed by atoms with E-state index in [4.69, 9.17) is 0 Å². The lowest BCUT2D eigenvalue weighted by molar-refractivity contribution is -0.138. The summed E-state index contributed by atoms with van der Waals surface area (Å²) in [6.07, 6.45) is -4.32. The van der Waals surface area contributed by atoms with Gasteiger partial charge >= 0.3 is 6.18 Å². The van der Waals surface area contributed by atoms with Crippen LogP contribution < -0.4 is 5.32 Å². The Morgan fingerprint density at radius 2 is 1.90 bits per heavy atom. The Labute approximate surface area is 126 Å². The van der Waals surface area contributed by atoms with Crippen LogP contribution in [0.2, 0.25) is 0 Å². The van der Waals surface area contributed by atoms with E-state index in [1.807, 2.05) is 20.8 Å². The second-order valence-corrected chi connectivity index (χ2v) is 6.34. The standard InChI is InChI=1S/C15H17F3N2S/c1-9(14-10(2)21-11(3)20-14)19-8-12-6-4-5-7-13(12)15(16,17)18/h4-7,9,19H,8H2,1-3H3. The Morgan fingerprint density at radius 3 is 2.48 bits per heavy atom. The first-order chi connectivity index (χ1) is 9.79. The quantitative estimate of drug-likeness (QED) is 0.890. The molecular formula is C15H17F3N2S. The summed E-state index contributed by atoms with van der Waals surface area (Å²) in [5.41, 5.74) is 0.569. The maximum absolute atomic E-state index is 12.9. The van der Waals surface area contributed by atoms with Gasteiger partial charge in [0.2, 0.25) is 0 Å². The minimum atomic E-state index is -4.32. The summed E-state index contributed by atoms with van der Waals surface area (Å²) in [6.45, 7) is 5.97. The van der Waals surface area contributed by atoms with Gasteiger partial charge in [0.1, 0.15) is 0 Å². The fourth-order valence-corrected chi connectivity index (χ4v) is 3.17. The molecule has 1 aromatic heterocycles. The van der Waals surface area contributed by atoms with Crippen molar-refractivity contribution in [1.82, 2.24) is 10.3 Å². The third-order valence-corrected chi connectivity index (χ3v) is 4.17. The molecule has 0 aliphatic rings. The zero-order valence-corrected chi connectivity index (χ0v) is 12.9. The van der Waals surface area contributed by atoms with Gasteiger partial charge in [-0.2, -0.15) is 13.2 Å². The van der Waals surface area contributed by atoms with Crippen LogP contribution in [0, 0.1) is 13.8 Å². The molecule has 114 valence electrons. The number of alkyl halides is 3. The number of aromatic nitrogens is 1. The van der Waals surface area contributed by atoms with Gasteiger partial charge in [0, 0.05) is 17.5 Å². The van der Waals surface area contributed by atoms with Crippen LogP contribution in [0.25, 0.3) is 0 Å². The highest BCUT2D eigenvalue weighted by molar-refractivity contribution is 7.11. The normalized spacial score (nSPS) is 13.4. The molecule has 2 nitrogen and oxygen atoms in total. The molecule has 1 atom stereocenters. The Hall–Kier alpha value is -1.40. The first-order valence-electron chi connectivity index (χ1n) is 6.61. The average molecular weight is 314 g/mol. The third kappa shape index (κ3) is 3.83. The van der Waals surface area contributed by atoms with Crippen molar-refractivity contribution in [2.45, 2.75) is 39.5 Å². The van der Waals surface area contributed by atoms with E-state index in [1.54, 1.807) is 17.4 Å². The van der Waals surface area contributed by atoms with Crippen molar-refractivity contribution in [2.75, 3.05) is 0 Å². The van der Waals surface area contributed by atoms with Crippen molar-refractivity contribution in [2.24, 2.45) is 0 Å². The number of nitrogens with one attached hydrogen (secondary N) is 1. The Bertz CT molecular complexity index is 620. The molecule has 0 fully saturated rings. The van der Waals surface area contributed by atoms with Gasteiger partial charge in [-0.15, -0.1) is 11.3 Å². The Balaban J connectivity index is 2.12. The van der Waals surface area contributed by atoms with Crippen LogP contribution in [-0.2, 0) is 12.7 Å². The van der Waals surface area contributed by atoms with Crippen molar-refractivity contribution in [3.63, 3.8) is 0 Å². The fraction of sp³-hybridized carbons (Fsp3) is 0.400. The fourth-order valence-electron chi connectivity index (χ4n) is 2.26. The number of halogens is 3. The Kier molecular flexibility index (Phi) is 4.68. The molecule has 0 saturated carbocycles. The molecule has 0 spiro atoms. The second-order valence-electron chi connectivity index (χ2n) is 4.93. The number of nitrogens with zero attached hydrogens (tertiary/aromatic N) is 1. The topological polar surface area (TPSA) is 24.9 Å². The number of aryl methyl sites for hydroxylation is 2. The predicted molar refractivity (Wildman–Crippen MR) is 78.3 cm³/mol. The first kappa shape index (κ1) is 16.0. The summed E-state index contributed by atoms with van der Waals surface area (Å²) in [7, 11) is 0. The molecular weight excluding hydrogens is 297 g/mol. The largest absolute Gasteiger partial charge is 0.416 e. The Morgan fingerprint density at radius 1 is 1.24 bits per heavy atom. The maximum atomic E-state index is 12.9. The van der Waals surface area contributed by atoms with Gasteiger partial charge < -0.3 is 5.32 Å². The summed E-state index contributed by atoms with van der Waals surface area (Å²) in [4.78, 5) is 5.52. The minimum Gasteiger partial charge on any atom is -0.305 e. The molecule has 1 unspecified atom stereocenters.